The summed E-state index contributed by atoms with van der Waals surface area (Å²) in [5, 5.41) is 19.6. The molecular weight excluding hydrogens is 386 g/mol. The molecule has 5 heteroatoms. The number of aliphatic hydroxyl groups is 1. The Morgan fingerprint density at radius 3 is 2.29 bits per heavy atom. The minimum atomic E-state index is -0.542. The summed E-state index contributed by atoms with van der Waals surface area (Å²) >= 11 is 0. The fourth-order valence-electron chi connectivity index (χ4n) is 5.30. The molecule has 5 unspecified atom stereocenters. The van der Waals surface area contributed by atoms with Crippen molar-refractivity contribution in [1.29, 1.82) is 5.26 Å². The number of fused-ring (bicyclic) bond motifs is 2. The molecule has 0 aliphatic carbocycles. The molecular formula is C26H33N3O2. The Kier molecular flexibility index (Phi) is 6.92. The molecule has 5 atom stereocenters. The lowest BCUT2D eigenvalue weighted by molar-refractivity contribution is -0.0663. The zero-order valence-electron chi connectivity index (χ0n) is 18.5. The van der Waals surface area contributed by atoms with Gasteiger partial charge in [0.2, 0.25) is 0 Å². The standard InChI is InChI=1S/C26H33N3O2/c1-19-23-12-24(16-28(15-23)14-22-6-4-3-5-7-22)20(2)29(19)17-25(30)18-31-26-10-8-21(13-27)9-11-26/h3-11,19-20,23-25,30H,12,14-18H2,1-2H3. The van der Waals surface area contributed by atoms with Crippen LogP contribution in [0.4, 0.5) is 0 Å². The Bertz CT molecular complexity index is 862. The van der Waals surface area contributed by atoms with Gasteiger partial charge < -0.3 is 9.84 Å². The first-order chi connectivity index (χ1) is 15.0. The number of hydrogen-bond acceptors (Lipinski definition) is 5. The van der Waals surface area contributed by atoms with Gasteiger partial charge in [0.05, 0.1) is 11.6 Å². The number of benzene rings is 2. The zero-order valence-corrected chi connectivity index (χ0v) is 18.5. The monoisotopic (exact) mass is 419 g/mol. The fourth-order valence-corrected chi connectivity index (χ4v) is 5.30. The Balaban J connectivity index is 1.32. The van der Waals surface area contributed by atoms with Gasteiger partial charge in [0.1, 0.15) is 18.5 Å². The number of nitriles is 1. The highest BCUT2D eigenvalue weighted by Crippen LogP contribution is 2.37. The minimum Gasteiger partial charge on any atom is -0.491 e. The molecule has 2 aliphatic heterocycles. The van der Waals surface area contributed by atoms with Crippen LogP contribution in [0.15, 0.2) is 54.6 Å². The zero-order chi connectivity index (χ0) is 21.8. The smallest absolute Gasteiger partial charge is 0.119 e. The molecule has 2 aliphatic rings. The van der Waals surface area contributed by atoms with E-state index < -0.39 is 6.10 Å². The summed E-state index contributed by atoms with van der Waals surface area (Å²) in [6.07, 6.45) is 0.738. The highest BCUT2D eigenvalue weighted by Gasteiger charge is 2.43. The van der Waals surface area contributed by atoms with Crippen molar-refractivity contribution in [3.8, 4) is 11.8 Å². The Hall–Kier alpha value is -2.39. The largest absolute Gasteiger partial charge is 0.491 e. The predicted molar refractivity (Wildman–Crippen MR) is 122 cm³/mol. The average Bonchev–Trinajstić information content (AvgIpc) is 2.80. The molecule has 0 aromatic heterocycles. The summed E-state index contributed by atoms with van der Waals surface area (Å²) in [6, 6.07) is 20.8. The molecule has 0 saturated carbocycles. The third-order valence-electron chi connectivity index (χ3n) is 7.10. The van der Waals surface area contributed by atoms with E-state index in [1.54, 1.807) is 24.3 Å². The van der Waals surface area contributed by atoms with Crippen LogP contribution in [-0.2, 0) is 6.54 Å². The van der Waals surface area contributed by atoms with E-state index in [9.17, 15) is 5.11 Å². The molecule has 0 amide bonds. The quantitative estimate of drug-likeness (QED) is 0.744. The number of piperidine rings is 2. The number of aliphatic hydroxyl groups excluding tert-OH is 1. The maximum Gasteiger partial charge on any atom is 0.119 e. The molecule has 4 rings (SSSR count). The van der Waals surface area contributed by atoms with Gasteiger partial charge in [0.15, 0.2) is 0 Å². The molecule has 2 fully saturated rings. The van der Waals surface area contributed by atoms with Crippen molar-refractivity contribution < 1.29 is 9.84 Å². The molecule has 2 aromatic rings. The molecule has 0 spiro atoms. The van der Waals surface area contributed by atoms with Crippen LogP contribution in [-0.4, -0.2) is 59.3 Å². The van der Waals surface area contributed by atoms with Gasteiger partial charge in [-0.2, -0.15) is 5.26 Å². The van der Waals surface area contributed by atoms with E-state index in [-0.39, 0.29) is 6.61 Å². The van der Waals surface area contributed by atoms with E-state index in [0.29, 0.717) is 41.8 Å². The van der Waals surface area contributed by atoms with Gasteiger partial charge in [0.25, 0.3) is 0 Å². The van der Waals surface area contributed by atoms with E-state index >= 15 is 0 Å². The number of nitrogens with zero attached hydrogens (tertiary/aromatic N) is 3. The average molecular weight is 420 g/mol. The molecule has 0 radical (unpaired) electrons. The van der Waals surface area contributed by atoms with Gasteiger partial charge in [0, 0.05) is 38.3 Å². The third-order valence-corrected chi connectivity index (χ3v) is 7.10. The first-order valence-electron chi connectivity index (χ1n) is 11.4. The number of hydrogen-bond donors (Lipinski definition) is 1. The van der Waals surface area contributed by atoms with Gasteiger partial charge in [-0.15, -0.1) is 0 Å². The van der Waals surface area contributed by atoms with Crippen LogP contribution in [0.2, 0.25) is 0 Å². The molecule has 2 bridgehead atoms. The highest BCUT2D eigenvalue weighted by atomic mass is 16.5. The summed E-state index contributed by atoms with van der Waals surface area (Å²) in [4.78, 5) is 5.11. The van der Waals surface area contributed by atoms with Crippen LogP contribution in [0.25, 0.3) is 0 Å². The van der Waals surface area contributed by atoms with E-state index in [1.165, 1.54) is 12.0 Å². The van der Waals surface area contributed by atoms with Crippen molar-refractivity contribution in [1.82, 2.24) is 9.80 Å². The first kappa shape index (κ1) is 21.8. The van der Waals surface area contributed by atoms with Crippen molar-refractivity contribution in [2.45, 2.75) is 45.0 Å². The normalized spacial score (nSPS) is 27.4. The lowest BCUT2D eigenvalue weighted by atomic mass is 9.75. The Morgan fingerprint density at radius 1 is 1.03 bits per heavy atom. The van der Waals surface area contributed by atoms with Crippen molar-refractivity contribution in [2.24, 2.45) is 11.8 Å². The molecule has 2 heterocycles. The topological polar surface area (TPSA) is 59.7 Å². The molecule has 164 valence electrons. The molecule has 1 N–H and O–H groups in total. The van der Waals surface area contributed by atoms with Crippen molar-refractivity contribution in [2.75, 3.05) is 26.2 Å². The third kappa shape index (κ3) is 5.27. The summed E-state index contributed by atoms with van der Waals surface area (Å²) in [5.41, 5.74) is 1.99. The van der Waals surface area contributed by atoms with Crippen molar-refractivity contribution >= 4 is 0 Å². The van der Waals surface area contributed by atoms with Gasteiger partial charge in [-0.1, -0.05) is 30.3 Å². The number of ether oxygens (including phenoxy) is 1. The van der Waals surface area contributed by atoms with Crippen LogP contribution in [0.3, 0.4) is 0 Å². The van der Waals surface area contributed by atoms with Crippen LogP contribution in [0.5, 0.6) is 5.75 Å². The van der Waals surface area contributed by atoms with Crippen molar-refractivity contribution in [3.63, 3.8) is 0 Å². The van der Waals surface area contributed by atoms with E-state index in [1.807, 2.05) is 0 Å². The second-order valence-electron chi connectivity index (χ2n) is 9.21. The SMILES string of the molecule is CC1C2CC(CN(Cc3ccccc3)C2)C(C)N1CC(O)COc1ccc(C#N)cc1. The molecule has 2 saturated heterocycles. The maximum atomic E-state index is 10.7. The second kappa shape index (κ2) is 9.82. The summed E-state index contributed by atoms with van der Waals surface area (Å²) in [5.74, 6) is 1.95. The molecule has 31 heavy (non-hydrogen) atoms. The first-order valence-corrected chi connectivity index (χ1v) is 11.4. The molecule has 2 aromatic carbocycles. The van der Waals surface area contributed by atoms with Crippen LogP contribution < -0.4 is 4.74 Å². The fraction of sp³-hybridized carbons (Fsp3) is 0.500. The predicted octanol–water partition coefficient (Wildman–Crippen LogP) is 3.53. The van der Waals surface area contributed by atoms with Crippen LogP contribution in [0, 0.1) is 23.2 Å². The van der Waals surface area contributed by atoms with Crippen LogP contribution in [0.1, 0.15) is 31.4 Å². The van der Waals surface area contributed by atoms with Gasteiger partial charge in [-0.3, -0.25) is 9.80 Å². The second-order valence-corrected chi connectivity index (χ2v) is 9.21. The summed E-state index contributed by atoms with van der Waals surface area (Å²) in [7, 11) is 0. The van der Waals surface area contributed by atoms with Crippen molar-refractivity contribution in [3.05, 3.63) is 65.7 Å². The van der Waals surface area contributed by atoms with E-state index in [4.69, 9.17) is 10.00 Å². The highest BCUT2D eigenvalue weighted by molar-refractivity contribution is 5.34. The number of rotatable bonds is 7. The van der Waals surface area contributed by atoms with Gasteiger partial charge in [-0.05, 0) is 61.9 Å². The summed E-state index contributed by atoms with van der Waals surface area (Å²) < 4.78 is 5.76. The minimum absolute atomic E-state index is 0.261. The van der Waals surface area contributed by atoms with E-state index in [2.05, 4.69) is 60.0 Å². The lowest BCUT2D eigenvalue weighted by Gasteiger charge is -2.54. The number of β-amino-alcohol motifs (C(OH)–C–C–N with tert-alkyl or cyclic N) is 1. The Morgan fingerprint density at radius 2 is 1.68 bits per heavy atom. The van der Waals surface area contributed by atoms with Gasteiger partial charge in [-0.25, -0.2) is 0 Å². The molecule has 5 nitrogen and oxygen atoms in total. The lowest BCUT2D eigenvalue weighted by Crippen LogP contribution is -2.61. The number of likely N-dealkylation sites (tertiary alicyclic amines) is 2. The summed E-state index contributed by atoms with van der Waals surface area (Å²) in [6.45, 7) is 8.78. The van der Waals surface area contributed by atoms with E-state index in [0.717, 1.165) is 19.6 Å². The van der Waals surface area contributed by atoms with Crippen LogP contribution >= 0.6 is 0 Å². The maximum absolute atomic E-state index is 10.7. The van der Waals surface area contributed by atoms with Gasteiger partial charge >= 0.3 is 0 Å². The Labute approximate surface area is 185 Å².